The molecule has 0 amide bonds. The van der Waals surface area contributed by atoms with E-state index in [1.54, 1.807) is 18.3 Å². The van der Waals surface area contributed by atoms with E-state index in [9.17, 15) is 4.79 Å². The number of hydrogen-bond acceptors (Lipinski definition) is 4. The Morgan fingerprint density at radius 3 is 2.78 bits per heavy atom. The number of carbonyl (C=O) groups excluding carboxylic acids is 1. The van der Waals surface area contributed by atoms with Gasteiger partial charge in [0.15, 0.2) is 5.11 Å². The van der Waals surface area contributed by atoms with Crippen molar-refractivity contribution in [2.24, 2.45) is 10.8 Å². The zero-order valence-corrected chi connectivity index (χ0v) is 14.0. The number of esters is 1. The van der Waals surface area contributed by atoms with E-state index in [0.29, 0.717) is 5.56 Å². The molecule has 0 radical (unpaired) electrons. The second kappa shape index (κ2) is 7.06. The third-order valence-electron chi connectivity index (χ3n) is 3.37. The number of thiocarbonyl (C=S) groups is 1. The molecule has 0 saturated heterocycles. The Kier molecular flexibility index (Phi) is 5.13. The van der Waals surface area contributed by atoms with Gasteiger partial charge in [-0.2, -0.15) is 5.10 Å². The molecule has 0 spiro atoms. The molecule has 1 aromatic carbocycles. The van der Waals surface area contributed by atoms with Gasteiger partial charge in [-0.25, -0.2) is 4.79 Å². The number of aryl methyl sites for hydroxylation is 1. The van der Waals surface area contributed by atoms with Gasteiger partial charge < -0.3 is 15.0 Å². The van der Waals surface area contributed by atoms with Crippen LogP contribution in [0.2, 0.25) is 0 Å². The number of methoxy groups -OCH3 is 1. The van der Waals surface area contributed by atoms with Crippen LogP contribution in [0.5, 0.6) is 0 Å². The van der Waals surface area contributed by atoms with E-state index < -0.39 is 0 Å². The summed E-state index contributed by atoms with van der Waals surface area (Å²) in [6, 6.07) is 9.26. The fourth-order valence-corrected chi connectivity index (χ4v) is 2.42. The predicted molar refractivity (Wildman–Crippen MR) is 94.1 cm³/mol. The third kappa shape index (κ3) is 3.75. The highest BCUT2D eigenvalue weighted by atomic mass is 32.1. The van der Waals surface area contributed by atoms with Crippen molar-refractivity contribution in [2.45, 2.75) is 13.8 Å². The van der Waals surface area contributed by atoms with Gasteiger partial charge in [0, 0.05) is 22.6 Å². The fraction of sp³-hybridized carbons (Fsp3) is 0.188. The first-order valence-corrected chi connectivity index (χ1v) is 7.31. The molecule has 0 aliphatic rings. The van der Waals surface area contributed by atoms with Crippen molar-refractivity contribution in [3.63, 3.8) is 0 Å². The van der Waals surface area contributed by atoms with Crippen LogP contribution in [0.25, 0.3) is 5.69 Å². The molecule has 0 saturated carbocycles. The summed E-state index contributed by atoms with van der Waals surface area (Å²) < 4.78 is 6.80. The number of nitrogens with zero attached hydrogens (tertiary/aromatic N) is 2. The lowest BCUT2D eigenvalue weighted by molar-refractivity contribution is 0.0600. The number of aromatic nitrogens is 1. The van der Waals surface area contributed by atoms with Crippen LogP contribution in [0, 0.1) is 13.8 Å². The first kappa shape index (κ1) is 16.7. The first-order chi connectivity index (χ1) is 10.9. The third-order valence-corrected chi connectivity index (χ3v) is 3.47. The van der Waals surface area contributed by atoms with E-state index >= 15 is 0 Å². The lowest BCUT2D eigenvalue weighted by atomic mass is 10.2. The Hall–Kier alpha value is -2.67. The minimum Gasteiger partial charge on any atom is -0.465 e. The van der Waals surface area contributed by atoms with E-state index in [1.807, 2.05) is 36.6 Å². The molecular weight excluding hydrogens is 312 g/mol. The van der Waals surface area contributed by atoms with Gasteiger partial charge in [-0.3, -0.25) is 5.43 Å². The van der Waals surface area contributed by atoms with E-state index in [4.69, 9.17) is 22.7 Å². The van der Waals surface area contributed by atoms with Gasteiger partial charge in [0.05, 0.1) is 18.9 Å². The van der Waals surface area contributed by atoms with Crippen LogP contribution in [0.4, 0.5) is 0 Å². The van der Waals surface area contributed by atoms with E-state index in [1.165, 1.54) is 7.11 Å². The highest BCUT2D eigenvalue weighted by molar-refractivity contribution is 7.80. The van der Waals surface area contributed by atoms with Crippen molar-refractivity contribution < 1.29 is 9.53 Å². The topological polar surface area (TPSA) is 81.6 Å². The molecule has 6 nitrogen and oxygen atoms in total. The number of nitrogens with one attached hydrogen (secondary N) is 1. The molecule has 0 aliphatic carbocycles. The quantitative estimate of drug-likeness (QED) is 0.388. The monoisotopic (exact) mass is 330 g/mol. The molecule has 0 fully saturated rings. The van der Waals surface area contributed by atoms with Crippen LogP contribution in [0.15, 0.2) is 35.4 Å². The maximum absolute atomic E-state index is 11.7. The van der Waals surface area contributed by atoms with E-state index in [2.05, 4.69) is 10.5 Å². The van der Waals surface area contributed by atoms with Crippen molar-refractivity contribution in [1.29, 1.82) is 0 Å². The van der Waals surface area contributed by atoms with Crippen LogP contribution < -0.4 is 11.2 Å². The molecule has 3 N–H and O–H groups in total. The first-order valence-electron chi connectivity index (χ1n) is 6.90. The average Bonchev–Trinajstić information content (AvgIpc) is 2.80. The Labute approximate surface area is 139 Å². The molecule has 1 aromatic heterocycles. The highest BCUT2D eigenvalue weighted by Crippen LogP contribution is 2.21. The van der Waals surface area contributed by atoms with Crippen LogP contribution in [-0.2, 0) is 4.74 Å². The summed E-state index contributed by atoms with van der Waals surface area (Å²) in [6.07, 6.45) is 1.65. The molecule has 7 heteroatoms. The number of hydrazone groups is 1. The molecule has 2 rings (SSSR count). The lowest BCUT2D eigenvalue weighted by Gasteiger charge is -2.10. The van der Waals surface area contributed by atoms with Gasteiger partial charge in [-0.15, -0.1) is 0 Å². The molecule has 0 unspecified atom stereocenters. The molecule has 0 aliphatic heterocycles. The number of carbonyl (C=O) groups is 1. The lowest BCUT2D eigenvalue weighted by Crippen LogP contribution is -2.24. The molecule has 0 bridgehead atoms. The molecule has 0 atom stereocenters. The standard InChI is InChI=1S/C16H18N4O2S/c1-10-7-13(9-18-19-16(17)23)11(2)20(10)14-6-4-5-12(8-14)15(21)22-3/h4-9H,1-3H3,(H3,17,19,23)/b18-9+. The number of ether oxygens (including phenoxy) is 1. The normalized spacial score (nSPS) is 10.7. The van der Waals surface area contributed by atoms with Crippen molar-refractivity contribution in [1.82, 2.24) is 9.99 Å². The minimum absolute atomic E-state index is 0.112. The second-order valence-electron chi connectivity index (χ2n) is 4.94. The van der Waals surface area contributed by atoms with Crippen LogP contribution in [-0.4, -0.2) is 29.0 Å². The summed E-state index contributed by atoms with van der Waals surface area (Å²) in [4.78, 5) is 11.7. The van der Waals surface area contributed by atoms with Crippen LogP contribution in [0.1, 0.15) is 27.3 Å². The van der Waals surface area contributed by atoms with Crippen LogP contribution >= 0.6 is 12.2 Å². The summed E-state index contributed by atoms with van der Waals surface area (Å²) in [7, 11) is 1.37. The Morgan fingerprint density at radius 2 is 2.13 bits per heavy atom. The van der Waals surface area contributed by atoms with Gasteiger partial charge in [0.2, 0.25) is 0 Å². The fourth-order valence-electron chi connectivity index (χ4n) is 2.37. The van der Waals surface area contributed by atoms with Crippen molar-refractivity contribution >= 4 is 29.5 Å². The molecule has 2 aromatic rings. The number of nitrogens with two attached hydrogens (primary N) is 1. The maximum Gasteiger partial charge on any atom is 0.337 e. The largest absolute Gasteiger partial charge is 0.465 e. The molecule has 120 valence electrons. The van der Waals surface area contributed by atoms with Crippen molar-refractivity contribution in [3.05, 3.63) is 52.8 Å². The molecule has 23 heavy (non-hydrogen) atoms. The van der Waals surface area contributed by atoms with Gasteiger partial charge in [-0.05, 0) is 50.3 Å². The van der Waals surface area contributed by atoms with Crippen molar-refractivity contribution in [3.8, 4) is 5.69 Å². The number of rotatable bonds is 4. The average molecular weight is 330 g/mol. The summed E-state index contributed by atoms with van der Waals surface area (Å²) in [6.45, 7) is 3.95. The Morgan fingerprint density at radius 1 is 1.39 bits per heavy atom. The summed E-state index contributed by atoms with van der Waals surface area (Å²) >= 11 is 4.71. The highest BCUT2D eigenvalue weighted by Gasteiger charge is 2.12. The number of benzene rings is 1. The summed E-state index contributed by atoms with van der Waals surface area (Å²) in [5.41, 5.74) is 12.2. The summed E-state index contributed by atoms with van der Waals surface area (Å²) in [5, 5.41) is 4.09. The molecular formula is C16H18N4O2S. The Bertz CT molecular complexity index is 780. The smallest absolute Gasteiger partial charge is 0.337 e. The van der Waals surface area contributed by atoms with Gasteiger partial charge in [0.1, 0.15) is 0 Å². The second-order valence-corrected chi connectivity index (χ2v) is 5.38. The van der Waals surface area contributed by atoms with Gasteiger partial charge >= 0.3 is 5.97 Å². The van der Waals surface area contributed by atoms with Gasteiger partial charge in [-0.1, -0.05) is 6.07 Å². The maximum atomic E-state index is 11.7. The predicted octanol–water partition coefficient (Wildman–Crippen LogP) is 2.05. The summed E-state index contributed by atoms with van der Waals surface area (Å²) in [5.74, 6) is -0.364. The van der Waals surface area contributed by atoms with E-state index in [-0.39, 0.29) is 11.1 Å². The van der Waals surface area contributed by atoms with Crippen molar-refractivity contribution in [2.75, 3.05) is 7.11 Å². The molecule has 1 heterocycles. The van der Waals surface area contributed by atoms with E-state index in [0.717, 1.165) is 22.6 Å². The zero-order valence-electron chi connectivity index (χ0n) is 13.2. The zero-order chi connectivity index (χ0) is 17.0. The van der Waals surface area contributed by atoms with Gasteiger partial charge in [0.25, 0.3) is 0 Å². The number of hydrogen-bond donors (Lipinski definition) is 2. The Balaban J connectivity index is 2.41. The van der Waals surface area contributed by atoms with Crippen LogP contribution in [0.3, 0.4) is 0 Å². The minimum atomic E-state index is -0.364. The SMILES string of the molecule is COC(=O)c1cccc(-n2c(C)cc(/C=N/NC(N)=S)c2C)c1.